The summed E-state index contributed by atoms with van der Waals surface area (Å²) in [6, 6.07) is 46.3. The van der Waals surface area contributed by atoms with Crippen molar-refractivity contribution >= 4 is 74.8 Å². The van der Waals surface area contributed by atoms with Crippen molar-refractivity contribution in [2.75, 3.05) is 0 Å². The summed E-state index contributed by atoms with van der Waals surface area (Å²) in [6.07, 6.45) is 1.83. The largest absolute Gasteiger partial charge is 0.464 e. The van der Waals surface area contributed by atoms with Crippen molar-refractivity contribution in [3.05, 3.63) is 134 Å². The lowest BCUT2D eigenvalue weighted by molar-refractivity contribution is 0.617. The summed E-state index contributed by atoms with van der Waals surface area (Å²) >= 11 is 1.86. The summed E-state index contributed by atoms with van der Waals surface area (Å²) in [4.78, 5) is 0. The van der Waals surface area contributed by atoms with Crippen LogP contribution in [-0.4, -0.2) is 0 Å². The molecule has 0 radical (unpaired) electrons. The lowest BCUT2D eigenvalue weighted by Gasteiger charge is -2.19. The maximum absolute atomic E-state index is 6.30. The van der Waals surface area contributed by atoms with Gasteiger partial charge in [0.2, 0.25) is 0 Å². The van der Waals surface area contributed by atoms with Gasteiger partial charge in [0.05, 0.1) is 6.26 Å². The minimum Gasteiger partial charge on any atom is -0.464 e. The first-order chi connectivity index (χ1) is 19.9. The molecule has 0 aliphatic rings. The third-order valence-electron chi connectivity index (χ3n) is 8.32. The second kappa shape index (κ2) is 8.29. The predicted molar refractivity (Wildman–Crippen MR) is 172 cm³/mol. The molecule has 0 unspecified atom stereocenters. The maximum Gasteiger partial charge on any atom is 0.142 e. The van der Waals surface area contributed by atoms with Crippen LogP contribution in [-0.2, 0) is 0 Å². The summed E-state index contributed by atoms with van der Waals surface area (Å²) in [5.74, 6) is 0. The van der Waals surface area contributed by atoms with E-state index in [4.69, 9.17) is 4.42 Å². The molecule has 0 N–H and O–H groups in total. The molecule has 7 aromatic carbocycles. The third kappa shape index (κ3) is 2.97. The quantitative estimate of drug-likeness (QED) is 0.204. The molecular formula is C38H22OS. The highest BCUT2D eigenvalue weighted by atomic mass is 32.1. The molecular weight excluding hydrogens is 504 g/mol. The van der Waals surface area contributed by atoms with Crippen LogP contribution in [0.1, 0.15) is 0 Å². The van der Waals surface area contributed by atoms with Gasteiger partial charge in [0, 0.05) is 36.7 Å². The number of rotatable bonds is 2. The van der Waals surface area contributed by atoms with Crippen LogP contribution in [0.2, 0.25) is 0 Å². The molecule has 9 rings (SSSR count). The van der Waals surface area contributed by atoms with Crippen molar-refractivity contribution in [3.63, 3.8) is 0 Å². The standard InChI is InChI=1S/C38H22OS/c1-2-12-25-23(10-1)11-9-18-26(25)34-27-13-3-5-15-29(27)35(30-16-6-4-14-28(30)34)37-36-31-17-7-8-19-32(31)40-33(36)22-24-20-21-39-38(24)37/h1-22H. The second-order valence-corrected chi connectivity index (χ2v) is 11.5. The van der Waals surface area contributed by atoms with Gasteiger partial charge in [-0.05, 0) is 61.6 Å². The van der Waals surface area contributed by atoms with E-state index in [1.807, 2.05) is 17.6 Å². The molecule has 0 saturated heterocycles. The molecule has 2 heteroatoms. The van der Waals surface area contributed by atoms with Crippen molar-refractivity contribution < 1.29 is 4.42 Å². The van der Waals surface area contributed by atoms with Gasteiger partial charge >= 0.3 is 0 Å². The fourth-order valence-corrected chi connectivity index (χ4v) is 7.85. The average Bonchev–Trinajstić information content (AvgIpc) is 3.63. The molecule has 2 heterocycles. The zero-order valence-corrected chi connectivity index (χ0v) is 22.3. The van der Waals surface area contributed by atoms with Crippen molar-refractivity contribution in [3.8, 4) is 22.3 Å². The first kappa shape index (κ1) is 22.0. The van der Waals surface area contributed by atoms with E-state index in [-0.39, 0.29) is 0 Å². The fourth-order valence-electron chi connectivity index (χ4n) is 6.68. The van der Waals surface area contributed by atoms with Gasteiger partial charge in [-0.3, -0.25) is 0 Å². The van der Waals surface area contributed by atoms with Crippen LogP contribution in [0.3, 0.4) is 0 Å². The van der Waals surface area contributed by atoms with Gasteiger partial charge in [0.15, 0.2) is 0 Å². The average molecular weight is 527 g/mol. The van der Waals surface area contributed by atoms with Crippen LogP contribution in [0.15, 0.2) is 138 Å². The number of benzene rings is 7. The molecule has 9 aromatic rings. The lowest BCUT2D eigenvalue weighted by atomic mass is 9.83. The highest BCUT2D eigenvalue weighted by Gasteiger charge is 2.23. The zero-order valence-electron chi connectivity index (χ0n) is 21.5. The summed E-state index contributed by atoms with van der Waals surface area (Å²) < 4.78 is 8.89. The van der Waals surface area contributed by atoms with Gasteiger partial charge in [0.25, 0.3) is 0 Å². The lowest BCUT2D eigenvalue weighted by Crippen LogP contribution is -1.92. The van der Waals surface area contributed by atoms with E-state index in [9.17, 15) is 0 Å². The highest BCUT2D eigenvalue weighted by molar-refractivity contribution is 7.26. The van der Waals surface area contributed by atoms with Crippen molar-refractivity contribution in [1.82, 2.24) is 0 Å². The van der Waals surface area contributed by atoms with Gasteiger partial charge in [0.1, 0.15) is 5.58 Å². The topological polar surface area (TPSA) is 13.1 Å². The SMILES string of the molecule is c1ccc2c(-c3c4ccccc4c(-c4c5occc5cc5sc6ccccc6c45)c4ccccc34)cccc2c1. The molecule has 0 bridgehead atoms. The van der Waals surface area contributed by atoms with Crippen LogP contribution in [0.4, 0.5) is 0 Å². The Morgan fingerprint density at radius 2 is 1.02 bits per heavy atom. The molecule has 40 heavy (non-hydrogen) atoms. The van der Waals surface area contributed by atoms with E-state index in [1.165, 1.54) is 74.7 Å². The van der Waals surface area contributed by atoms with E-state index in [2.05, 4.69) is 127 Å². The Kier molecular flexibility index (Phi) is 4.55. The highest BCUT2D eigenvalue weighted by Crippen LogP contribution is 2.51. The van der Waals surface area contributed by atoms with Crippen LogP contribution in [0, 0.1) is 0 Å². The Labute approximate surface area is 234 Å². The predicted octanol–water partition coefficient (Wildman–Crippen LogP) is 11.6. The van der Waals surface area contributed by atoms with E-state index >= 15 is 0 Å². The number of hydrogen-bond donors (Lipinski definition) is 0. The van der Waals surface area contributed by atoms with Crippen molar-refractivity contribution in [2.45, 2.75) is 0 Å². The molecule has 186 valence electrons. The van der Waals surface area contributed by atoms with Crippen LogP contribution < -0.4 is 0 Å². The molecule has 0 aliphatic carbocycles. The van der Waals surface area contributed by atoms with Gasteiger partial charge in [-0.1, -0.05) is 109 Å². The molecule has 0 saturated carbocycles. The van der Waals surface area contributed by atoms with Crippen molar-refractivity contribution in [1.29, 1.82) is 0 Å². The number of furan rings is 1. The van der Waals surface area contributed by atoms with E-state index in [1.54, 1.807) is 0 Å². The molecule has 0 atom stereocenters. The molecule has 0 amide bonds. The van der Waals surface area contributed by atoms with Crippen molar-refractivity contribution in [2.24, 2.45) is 0 Å². The van der Waals surface area contributed by atoms with Gasteiger partial charge in [-0.25, -0.2) is 0 Å². The van der Waals surface area contributed by atoms with Gasteiger partial charge < -0.3 is 4.42 Å². The number of hydrogen-bond acceptors (Lipinski definition) is 2. The Morgan fingerprint density at radius 1 is 0.425 bits per heavy atom. The van der Waals surface area contributed by atoms with Gasteiger partial charge in [-0.15, -0.1) is 11.3 Å². The van der Waals surface area contributed by atoms with Gasteiger partial charge in [-0.2, -0.15) is 0 Å². The normalized spacial score (nSPS) is 12.0. The van der Waals surface area contributed by atoms with E-state index in [0.717, 1.165) is 11.0 Å². The first-order valence-corrected chi connectivity index (χ1v) is 14.4. The fraction of sp³-hybridized carbons (Fsp3) is 0. The summed E-state index contributed by atoms with van der Waals surface area (Å²) in [5.41, 5.74) is 5.92. The molecule has 0 fully saturated rings. The van der Waals surface area contributed by atoms with E-state index < -0.39 is 0 Å². The second-order valence-electron chi connectivity index (χ2n) is 10.4. The van der Waals surface area contributed by atoms with Crippen LogP contribution in [0.5, 0.6) is 0 Å². The minimum absolute atomic E-state index is 0.948. The zero-order chi connectivity index (χ0) is 26.2. The van der Waals surface area contributed by atoms with Crippen LogP contribution in [0.25, 0.3) is 85.7 Å². The monoisotopic (exact) mass is 526 g/mol. The molecule has 0 spiro atoms. The molecule has 1 nitrogen and oxygen atoms in total. The molecule has 0 aliphatic heterocycles. The third-order valence-corrected chi connectivity index (χ3v) is 9.44. The summed E-state index contributed by atoms with van der Waals surface area (Å²) in [6.45, 7) is 0. The van der Waals surface area contributed by atoms with Crippen LogP contribution >= 0.6 is 11.3 Å². The molecule has 2 aromatic heterocycles. The first-order valence-electron chi connectivity index (χ1n) is 13.6. The summed E-state index contributed by atoms with van der Waals surface area (Å²) in [7, 11) is 0. The summed E-state index contributed by atoms with van der Waals surface area (Å²) in [5, 5.41) is 11.2. The maximum atomic E-state index is 6.30. The minimum atomic E-state index is 0.948. The van der Waals surface area contributed by atoms with E-state index in [0.29, 0.717) is 0 Å². The Bertz CT molecular complexity index is 2380. The number of thiophene rings is 1. The Balaban J connectivity index is 1.54. The smallest absolute Gasteiger partial charge is 0.142 e. The Morgan fingerprint density at radius 3 is 1.77 bits per heavy atom. The number of fused-ring (bicyclic) bond motifs is 7. The Hall–Kier alpha value is -4.92.